The number of primary amides is 1. The van der Waals surface area contributed by atoms with Gasteiger partial charge < -0.3 is 16.0 Å². The number of carbonyl (C=O) groups excluding carboxylic acids is 1. The van der Waals surface area contributed by atoms with E-state index in [1.807, 2.05) is 0 Å². The van der Waals surface area contributed by atoms with E-state index < -0.39 is 0 Å². The van der Waals surface area contributed by atoms with Gasteiger partial charge in [-0.3, -0.25) is 4.79 Å². The molecule has 2 aromatic rings. The van der Waals surface area contributed by atoms with Gasteiger partial charge in [0, 0.05) is 31.9 Å². The number of nitrogens with zero attached hydrogens (tertiary/aromatic N) is 1. The highest BCUT2D eigenvalue weighted by molar-refractivity contribution is 5.77. The molecule has 5 heteroatoms. The van der Waals surface area contributed by atoms with Gasteiger partial charge in [-0.05, 0) is 48.2 Å². The average Bonchev–Trinajstić information content (AvgIpc) is 2.64. The molecule has 0 spiro atoms. The van der Waals surface area contributed by atoms with Gasteiger partial charge in [0.15, 0.2) is 0 Å². The van der Waals surface area contributed by atoms with Gasteiger partial charge in [0.1, 0.15) is 5.82 Å². The Kier molecular flexibility index (Phi) is 5.66. The Morgan fingerprint density at radius 1 is 1.08 bits per heavy atom. The Hall–Kier alpha value is -2.40. The standard InChI is InChI=1S/C20H24FN3O/c21-18-7-3-15(4-8-18)12-23-13-16-5-9-19(10-6-16)24-11-1-2-17(14-24)20(22)25/h3-10,17,23H,1-2,11-14H2,(H2,22,25)/t17-/m0/s1. The maximum atomic E-state index is 12.9. The lowest BCUT2D eigenvalue weighted by Crippen LogP contribution is -2.41. The number of hydrogen-bond donors (Lipinski definition) is 2. The third-order valence-electron chi connectivity index (χ3n) is 4.70. The molecule has 1 fully saturated rings. The summed E-state index contributed by atoms with van der Waals surface area (Å²) in [4.78, 5) is 13.6. The molecule has 4 nitrogen and oxygen atoms in total. The van der Waals surface area contributed by atoms with Crippen molar-refractivity contribution >= 4 is 11.6 Å². The van der Waals surface area contributed by atoms with E-state index in [9.17, 15) is 9.18 Å². The molecule has 0 saturated carbocycles. The molecule has 25 heavy (non-hydrogen) atoms. The molecule has 3 rings (SSSR count). The molecule has 1 atom stereocenters. The monoisotopic (exact) mass is 341 g/mol. The number of nitrogens with two attached hydrogens (primary N) is 1. The van der Waals surface area contributed by atoms with E-state index in [1.165, 1.54) is 17.7 Å². The van der Waals surface area contributed by atoms with Gasteiger partial charge >= 0.3 is 0 Å². The summed E-state index contributed by atoms with van der Waals surface area (Å²) in [6.07, 6.45) is 1.88. The number of piperidine rings is 1. The zero-order valence-corrected chi connectivity index (χ0v) is 14.2. The van der Waals surface area contributed by atoms with Crippen molar-refractivity contribution in [1.29, 1.82) is 0 Å². The van der Waals surface area contributed by atoms with Crippen LogP contribution in [-0.2, 0) is 17.9 Å². The van der Waals surface area contributed by atoms with Gasteiger partial charge in [-0.25, -0.2) is 4.39 Å². The molecule has 1 saturated heterocycles. The minimum atomic E-state index is -0.212. The van der Waals surface area contributed by atoms with Gasteiger partial charge in [-0.1, -0.05) is 24.3 Å². The van der Waals surface area contributed by atoms with E-state index >= 15 is 0 Å². The van der Waals surface area contributed by atoms with Crippen LogP contribution in [0.2, 0.25) is 0 Å². The summed E-state index contributed by atoms with van der Waals surface area (Å²) in [7, 11) is 0. The average molecular weight is 341 g/mol. The normalized spacial score (nSPS) is 17.5. The molecule has 0 bridgehead atoms. The van der Waals surface area contributed by atoms with Crippen LogP contribution in [0.4, 0.5) is 10.1 Å². The maximum Gasteiger partial charge on any atom is 0.222 e. The molecule has 132 valence electrons. The fourth-order valence-electron chi connectivity index (χ4n) is 3.22. The number of benzene rings is 2. The Balaban J connectivity index is 1.51. The highest BCUT2D eigenvalue weighted by Gasteiger charge is 2.23. The predicted molar refractivity (Wildman–Crippen MR) is 97.5 cm³/mol. The second kappa shape index (κ2) is 8.12. The van der Waals surface area contributed by atoms with E-state index in [0.717, 1.165) is 37.2 Å². The summed E-state index contributed by atoms with van der Waals surface area (Å²) < 4.78 is 12.9. The Labute approximate surface area is 147 Å². The first-order chi connectivity index (χ1) is 12.1. The number of halogens is 1. The van der Waals surface area contributed by atoms with Crippen LogP contribution >= 0.6 is 0 Å². The molecule has 0 unspecified atom stereocenters. The minimum absolute atomic E-state index is 0.0502. The lowest BCUT2D eigenvalue weighted by atomic mass is 9.97. The predicted octanol–water partition coefficient (Wildman–Crippen LogP) is 2.82. The van der Waals surface area contributed by atoms with Gasteiger partial charge in [-0.2, -0.15) is 0 Å². The van der Waals surface area contributed by atoms with Crippen molar-refractivity contribution in [3.05, 3.63) is 65.5 Å². The fourth-order valence-corrected chi connectivity index (χ4v) is 3.22. The van der Waals surface area contributed by atoms with Crippen molar-refractivity contribution in [2.75, 3.05) is 18.0 Å². The Morgan fingerprint density at radius 3 is 2.28 bits per heavy atom. The zero-order valence-electron chi connectivity index (χ0n) is 14.2. The summed E-state index contributed by atoms with van der Waals surface area (Å²) in [6, 6.07) is 14.9. The second-order valence-corrected chi connectivity index (χ2v) is 6.58. The van der Waals surface area contributed by atoms with Crippen LogP contribution in [-0.4, -0.2) is 19.0 Å². The van der Waals surface area contributed by atoms with Crippen molar-refractivity contribution in [1.82, 2.24) is 5.32 Å². The molecular formula is C20H24FN3O. The first kappa shape index (κ1) is 17.4. The Morgan fingerprint density at radius 2 is 1.68 bits per heavy atom. The SMILES string of the molecule is NC(=O)[C@H]1CCCN(c2ccc(CNCc3ccc(F)cc3)cc2)C1. The summed E-state index contributed by atoms with van der Waals surface area (Å²) in [5.74, 6) is -0.465. The molecule has 0 aliphatic carbocycles. The van der Waals surface area contributed by atoms with Crippen LogP contribution in [0.1, 0.15) is 24.0 Å². The van der Waals surface area contributed by atoms with Crippen LogP contribution in [0.15, 0.2) is 48.5 Å². The minimum Gasteiger partial charge on any atom is -0.371 e. The molecule has 0 aromatic heterocycles. The molecule has 0 radical (unpaired) electrons. The number of anilines is 1. The summed E-state index contributed by atoms with van der Waals surface area (Å²) in [5.41, 5.74) is 8.83. The molecular weight excluding hydrogens is 317 g/mol. The summed E-state index contributed by atoms with van der Waals surface area (Å²) >= 11 is 0. The summed E-state index contributed by atoms with van der Waals surface area (Å²) in [5, 5.41) is 3.36. The van der Waals surface area contributed by atoms with Crippen LogP contribution in [0.5, 0.6) is 0 Å². The Bertz CT molecular complexity index is 700. The molecule has 1 aliphatic rings. The van der Waals surface area contributed by atoms with E-state index in [0.29, 0.717) is 13.1 Å². The fraction of sp³-hybridized carbons (Fsp3) is 0.350. The summed E-state index contributed by atoms with van der Waals surface area (Å²) in [6.45, 7) is 3.12. The second-order valence-electron chi connectivity index (χ2n) is 6.58. The van der Waals surface area contributed by atoms with Crippen LogP contribution in [0.25, 0.3) is 0 Å². The topological polar surface area (TPSA) is 58.4 Å². The van der Waals surface area contributed by atoms with E-state index in [4.69, 9.17) is 5.73 Å². The first-order valence-corrected chi connectivity index (χ1v) is 8.70. The van der Waals surface area contributed by atoms with Crippen LogP contribution in [0.3, 0.4) is 0 Å². The number of hydrogen-bond acceptors (Lipinski definition) is 3. The molecule has 2 aromatic carbocycles. The van der Waals surface area contributed by atoms with Gasteiger partial charge in [0.05, 0.1) is 5.92 Å². The van der Waals surface area contributed by atoms with Crippen molar-refractivity contribution in [3.63, 3.8) is 0 Å². The molecule has 1 heterocycles. The van der Waals surface area contributed by atoms with E-state index in [2.05, 4.69) is 34.5 Å². The highest BCUT2D eigenvalue weighted by atomic mass is 19.1. The lowest BCUT2D eigenvalue weighted by Gasteiger charge is -2.33. The van der Waals surface area contributed by atoms with Gasteiger partial charge in [-0.15, -0.1) is 0 Å². The zero-order chi connectivity index (χ0) is 17.6. The quantitative estimate of drug-likeness (QED) is 0.849. The third kappa shape index (κ3) is 4.79. The van der Waals surface area contributed by atoms with Crippen LogP contribution in [0, 0.1) is 11.7 Å². The van der Waals surface area contributed by atoms with Crippen molar-refractivity contribution in [2.24, 2.45) is 11.7 Å². The lowest BCUT2D eigenvalue weighted by molar-refractivity contribution is -0.122. The van der Waals surface area contributed by atoms with E-state index in [1.54, 1.807) is 12.1 Å². The van der Waals surface area contributed by atoms with Crippen molar-refractivity contribution < 1.29 is 9.18 Å². The third-order valence-corrected chi connectivity index (χ3v) is 4.70. The number of carbonyl (C=O) groups is 1. The highest BCUT2D eigenvalue weighted by Crippen LogP contribution is 2.23. The molecule has 1 aliphatic heterocycles. The first-order valence-electron chi connectivity index (χ1n) is 8.70. The van der Waals surface area contributed by atoms with Crippen molar-refractivity contribution in [3.8, 4) is 0 Å². The van der Waals surface area contributed by atoms with E-state index in [-0.39, 0.29) is 17.6 Å². The molecule has 1 amide bonds. The largest absolute Gasteiger partial charge is 0.371 e. The smallest absolute Gasteiger partial charge is 0.222 e. The number of amides is 1. The number of nitrogens with one attached hydrogen (secondary N) is 1. The van der Waals surface area contributed by atoms with Crippen molar-refractivity contribution in [2.45, 2.75) is 25.9 Å². The number of rotatable bonds is 6. The maximum absolute atomic E-state index is 12.9. The molecule has 3 N–H and O–H groups in total. The van der Waals surface area contributed by atoms with Crippen LogP contribution < -0.4 is 16.0 Å². The van der Waals surface area contributed by atoms with Gasteiger partial charge in [0.2, 0.25) is 5.91 Å². The van der Waals surface area contributed by atoms with Gasteiger partial charge in [0.25, 0.3) is 0 Å².